The van der Waals surface area contributed by atoms with Crippen LogP contribution in [0.2, 0.25) is 0 Å². The zero-order valence-electron chi connectivity index (χ0n) is 14.5. The van der Waals surface area contributed by atoms with Gasteiger partial charge in [0.25, 0.3) is 5.91 Å². The number of aromatic nitrogens is 2. The third-order valence-corrected chi connectivity index (χ3v) is 4.41. The number of nitrogens with zero attached hydrogens (tertiary/aromatic N) is 2. The van der Waals surface area contributed by atoms with Crippen LogP contribution >= 0.6 is 0 Å². The summed E-state index contributed by atoms with van der Waals surface area (Å²) in [5.41, 5.74) is 0. The van der Waals surface area contributed by atoms with Crippen LogP contribution in [0.1, 0.15) is 50.2 Å². The minimum absolute atomic E-state index is 0.0667. The summed E-state index contributed by atoms with van der Waals surface area (Å²) < 4.78 is 37.1. The van der Waals surface area contributed by atoms with Gasteiger partial charge < -0.3 is 14.6 Å². The van der Waals surface area contributed by atoms with Crippen LogP contribution in [0, 0.1) is 0 Å². The molecule has 1 aromatic carbocycles. The van der Waals surface area contributed by atoms with E-state index < -0.39 is 12.0 Å². The van der Waals surface area contributed by atoms with Gasteiger partial charge in [0, 0.05) is 18.8 Å². The molecule has 0 bridgehead atoms. The van der Waals surface area contributed by atoms with E-state index in [4.69, 9.17) is 9.26 Å². The maximum absolute atomic E-state index is 13.2. The number of para-hydroxylation sites is 1. The third-order valence-electron chi connectivity index (χ3n) is 4.41. The molecule has 0 saturated heterocycles. The van der Waals surface area contributed by atoms with Crippen molar-refractivity contribution in [3.05, 3.63) is 42.0 Å². The van der Waals surface area contributed by atoms with Gasteiger partial charge in [0.2, 0.25) is 11.8 Å². The lowest BCUT2D eigenvalue weighted by Crippen LogP contribution is -2.36. The summed E-state index contributed by atoms with van der Waals surface area (Å²) >= 11 is 0. The van der Waals surface area contributed by atoms with Crippen molar-refractivity contribution in [1.29, 1.82) is 0 Å². The fourth-order valence-corrected chi connectivity index (χ4v) is 2.87. The summed E-state index contributed by atoms with van der Waals surface area (Å²) in [5, 5.41) is 6.53. The van der Waals surface area contributed by atoms with Gasteiger partial charge in [-0.3, -0.25) is 4.79 Å². The van der Waals surface area contributed by atoms with Crippen molar-refractivity contribution in [3.63, 3.8) is 0 Å². The Kier molecular flexibility index (Phi) is 5.49. The highest BCUT2D eigenvalue weighted by Crippen LogP contribution is 2.39. The zero-order valence-corrected chi connectivity index (χ0v) is 14.5. The second kappa shape index (κ2) is 7.80. The molecule has 1 heterocycles. The topological polar surface area (TPSA) is 77.2 Å². The summed E-state index contributed by atoms with van der Waals surface area (Å²) in [5.74, 6) is -1.75. The van der Waals surface area contributed by atoms with E-state index in [0.717, 1.165) is 0 Å². The molecule has 1 saturated carbocycles. The predicted octanol–water partition coefficient (Wildman–Crippen LogP) is 3.45. The van der Waals surface area contributed by atoms with Crippen LogP contribution in [0.5, 0.6) is 5.75 Å². The molecule has 6 nitrogen and oxygen atoms in total. The maximum Gasteiger partial charge on any atom is 0.261 e. The standard InChI is InChI=1S/C18H21F2N3O3/c1-12(25-14-5-3-2-4-6-14)17(24)21-11-15-22-16(23-26-15)13-7-9-18(19,20)10-8-13/h2-6,12-13H,7-11H2,1H3,(H,21,24)/t12-/m0/s1. The second-order valence-electron chi connectivity index (χ2n) is 6.47. The number of carbonyl (C=O) groups excluding carboxylic acids is 1. The van der Waals surface area contributed by atoms with Crippen LogP contribution < -0.4 is 10.1 Å². The van der Waals surface area contributed by atoms with E-state index >= 15 is 0 Å². The Bertz CT molecular complexity index is 726. The number of ether oxygens (including phenoxy) is 1. The van der Waals surface area contributed by atoms with E-state index in [9.17, 15) is 13.6 Å². The highest BCUT2D eigenvalue weighted by Gasteiger charge is 2.37. The Balaban J connectivity index is 1.48. The maximum atomic E-state index is 13.2. The highest BCUT2D eigenvalue weighted by molar-refractivity contribution is 5.80. The largest absolute Gasteiger partial charge is 0.481 e. The number of nitrogens with one attached hydrogen (secondary N) is 1. The van der Waals surface area contributed by atoms with Gasteiger partial charge in [-0.2, -0.15) is 4.98 Å². The van der Waals surface area contributed by atoms with Crippen LogP contribution in [-0.4, -0.2) is 28.1 Å². The molecule has 3 rings (SSSR count). The minimum atomic E-state index is -2.59. The van der Waals surface area contributed by atoms with E-state index in [2.05, 4.69) is 15.5 Å². The molecule has 2 aromatic rings. The van der Waals surface area contributed by atoms with E-state index in [0.29, 0.717) is 24.4 Å². The number of hydrogen-bond acceptors (Lipinski definition) is 5. The Morgan fingerprint density at radius 1 is 1.35 bits per heavy atom. The lowest BCUT2D eigenvalue weighted by Gasteiger charge is -2.26. The number of rotatable bonds is 6. The van der Waals surface area contributed by atoms with E-state index in [-0.39, 0.29) is 37.1 Å². The van der Waals surface area contributed by atoms with Crippen molar-refractivity contribution >= 4 is 5.91 Å². The van der Waals surface area contributed by atoms with E-state index in [1.54, 1.807) is 19.1 Å². The van der Waals surface area contributed by atoms with Crippen LogP contribution in [0.4, 0.5) is 8.78 Å². The van der Waals surface area contributed by atoms with Gasteiger partial charge in [-0.15, -0.1) is 0 Å². The summed E-state index contributed by atoms with van der Waals surface area (Å²) in [6.45, 7) is 1.71. The van der Waals surface area contributed by atoms with Gasteiger partial charge in [0.05, 0.1) is 6.54 Å². The molecule has 0 aliphatic heterocycles. The van der Waals surface area contributed by atoms with Crippen LogP contribution in [0.25, 0.3) is 0 Å². The fraction of sp³-hybridized carbons (Fsp3) is 0.500. The summed E-state index contributed by atoms with van der Waals surface area (Å²) in [7, 11) is 0. The highest BCUT2D eigenvalue weighted by atomic mass is 19.3. The summed E-state index contributed by atoms with van der Waals surface area (Å²) in [6, 6.07) is 9.03. The molecule has 1 amide bonds. The molecule has 0 radical (unpaired) electrons. The van der Waals surface area contributed by atoms with Crippen LogP contribution in [0.15, 0.2) is 34.9 Å². The molecule has 140 valence electrons. The second-order valence-corrected chi connectivity index (χ2v) is 6.47. The van der Waals surface area contributed by atoms with E-state index in [1.165, 1.54) is 0 Å². The van der Waals surface area contributed by atoms with Gasteiger partial charge in [0.15, 0.2) is 11.9 Å². The number of hydrogen-bond donors (Lipinski definition) is 1. The molecule has 1 aliphatic carbocycles. The fourth-order valence-electron chi connectivity index (χ4n) is 2.87. The number of amides is 1. The molecule has 0 unspecified atom stereocenters. The lowest BCUT2D eigenvalue weighted by atomic mass is 9.86. The third kappa shape index (κ3) is 4.77. The number of halogens is 2. The first kappa shape index (κ1) is 18.3. The quantitative estimate of drug-likeness (QED) is 0.848. The summed E-state index contributed by atoms with van der Waals surface area (Å²) in [6.07, 6.45) is -0.333. The average molecular weight is 365 g/mol. The van der Waals surface area contributed by atoms with Gasteiger partial charge in [-0.1, -0.05) is 23.4 Å². The first-order valence-electron chi connectivity index (χ1n) is 8.63. The van der Waals surface area contributed by atoms with Crippen molar-refractivity contribution in [2.75, 3.05) is 0 Å². The number of benzene rings is 1. The van der Waals surface area contributed by atoms with Crippen molar-refractivity contribution in [3.8, 4) is 5.75 Å². The Morgan fingerprint density at radius 3 is 2.73 bits per heavy atom. The molecule has 1 fully saturated rings. The van der Waals surface area contributed by atoms with Gasteiger partial charge in [0.1, 0.15) is 5.75 Å². The molecular formula is C18H21F2N3O3. The first-order valence-corrected chi connectivity index (χ1v) is 8.63. The molecule has 1 aliphatic rings. The van der Waals surface area contributed by atoms with Crippen LogP contribution in [-0.2, 0) is 11.3 Å². The Hall–Kier alpha value is -2.51. The Labute approximate surface area is 149 Å². The number of carbonyl (C=O) groups is 1. The number of alkyl halides is 2. The van der Waals surface area contributed by atoms with Crippen LogP contribution in [0.3, 0.4) is 0 Å². The monoisotopic (exact) mass is 365 g/mol. The molecule has 1 N–H and O–H groups in total. The lowest BCUT2D eigenvalue weighted by molar-refractivity contribution is -0.127. The summed E-state index contributed by atoms with van der Waals surface area (Å²) in [4.78, 5) is 16.3. The molecule has 1 atom stereocenters. The van der Waals surface area contributed by atoms with Crippen molar-refractivity contribution in [2.45, 2.75) is 57.1 Å². The normalized spacial score (nSPS) is 18.3. The Morgan fingerprint density at radius 2 is 2.04 bits per heavy atom. The molecule has 0 spiro atoms. The molecule has 8 heteroatoms. The van der Waals surface area contributed by atoms with E-state index in [1.807, 2.05) is 18.2 Å². The SMILES string of the molecule is C[C@H](Oc1ccccc1)C(=O)NCc1nc(C2CCC(F)(F)CC2)no1. The zero-order chi connectivity index (χ0) is 18.6. The first-order chi connectivity index (χ1) is 12.4. The van der Waals surface area contributed by atoms with Gasteiger partial charge in [-0.05, 0) is 31.9 Å². The van der Waals surface area contributed by atoms with Crippen molar-refractivity contribution in [2.24, 2.45) is 0 Å². The van der Waals surface area contributed by atoms with Gasteiger partial charge >= 0.3 is 0 Å². The average Bonchev–Trinajstić information content (AvgIpc) is 3.09. The predicted molar refractivity (Wildman–Crippen MR) is 88.8 cm³/mol. The van der Waals surface area contributed by atoms with Gasteiger partial charge in [-0.25, -0.2) is 8.78 Å². The smallest absolute Gasteiger partial charge is 0.261 e. The van der Waals surface area contributed by atoms with Crippen molar-refractivity contribution < 1.29 is 22.8 Å². The van der Waals surface area contributed by atoms with Crippen molar-refractivity contribution in [1.82, 2.24) is 15.5 Å². The molecular weight excluding hydrogens is 344 g/mol. The molecule has 26 heavy (non-hydrogen) atoms. The minimum Gasteiger partial charge on any atom is -0.481 e. The molecule has 1 aromatic heterocycles.